The second-order valence-corrected chi connectivity index (χ2v) is 7.93. The predicted octanol–water partition coefficient (Wildman–Crippen LogP) is 3.42. The summed E-state index contributed by atoms with van der Waals surface area (Å²) in [6.07, 6.45) is 2.09. The number of nitrogens with one attached hydrogen (secondary N) is 2. The molecule has 2 aromatic rings. The Morgan fingerprint density at radius 1 is 1.03 bits per heavy atom. The van der Waals surface area contributed by atoms with Crippen LogP contribution in [0.25, 0.3) is 6.08 Å². The summed E-state index contributed by atoms with van der Waals surface area (Å²) in [6, 6.07) is 15.6. The number of carbonyl (C=O) groups excluding carboxylic acids is 1. The SMILES string of the molecule is COc1ccc(/C=C2\CN(C(C)=O)CC3=C2NC(=S)N[C@H]3c2ccc(OC)cc2)cc1. The minimum absolute atomic E-state index is 0.0359. The summed E-state index contributed by atoms with van der Waals surface area (Å²) in [7, 11) is 3.30. The lowest BCUT2D eigenvalue weighted by molar-refractivity contribution is -0.128. The lowest BCUT2D eigenvalue weighted by atomic mass is 9.89. The molecule has 6 nitrogen and oxygen atoms in total. The van der Waals surface area contributed by atoms with Crippen molar-refractivity contribution in [3.05, 3.63) is 76.5 Å². The van der Waals surface area contributed by atoms with Gasteiger partial charge in [-0.1, -0.05) is 24.3 Å². The highest BCUT2D eigenvalue weighted by Crippen LogP contribution is 2.35. The van der Waals surface area contributed by atoms with Crippen LogP contribution >= 0.6 is 12.2 Å². The number of amides is 1. The van der Waals surface area contributed by atoms with Crippen molar-refractivity contribution in [2.45, 2.75) is 13.0 Å². The Hall–Kier alpha value is -3.32. The molecule has 0 bridgehead atoms. The Balaban J connectivity index is 1.78. The molecule has 0 saturated heterocycles. The third kappa shape index (κ3) is 4.41. The van der Waals surface area contributed by atoms with Gasteiger partial charge in [-0.15, -0.1) is 0 Å². The molecule has 31 heavy (non-hydrogen) atoms. The van der Waals surface area contributed by atoms with E-state index >= 15 is 0 Å². The van der Waals surface area contributed by atoms with Crippen molar-refractivity contribution >= 4 is 29.3 Å². The second kappa shape index (κ2) is 8.81. The summed E-state index contributed by atoms with van der Waals surface area (Å²) in [5, 5.41) is 7.27. The molecule has 2 N–H and O–H groups in total. The van der Waals surface area contributed by atoms with Crippen LogP contribution in [-0.4, -0.2) is 43.2 Å². The molecular weight excluding hydrogens is 410 g/mol. The van der Waals surface area contributed by atoms with Gasteiger partial charge >= 0.3 is 0 Å². The first-order valence-electron chi connectivity index (χ1n) is 10.0. The number of carbonyl (C=O) groups is 1. The van der Waals surface area contributed by atoms with E-state index in [9.17, 15) is 4.79 Å². The monoisotopic (exact) mass is 435 g/mol. The highest BCUT2D eigenvalue weighted by Gasteiger charge is 2.34. The third-order valence-corrected chi connectivity index (χ3v) is 5.80. The number of hydrogen-bond acceptors (Lipinski definition) is 4. The fourth-order valence-electron chi connectivity index (χ4n) is 3.92. The van der Waals surface area contributed by atoms with E-state index < -0.39 is 0 Å². The molecule has 1 atom stereocenters. The minimum atomic E-state index is -0.129. The smallest absolute Gasteiger partial charge is 0.220 e. The Morgan fingerprint density at radius 3 is 2.23 bits per heavy atom. The molecule has 7 heteroatoms. The summed E-state index contributed by atoms with van der Waals surface area (Å²) in [5.41, 5.74) is 5.17. The van der Waals surface area contributed by atoms with Crippen molar-refractivity contribution in [3.63, 3.8) is 0 Å². The first-order chi connectivity index (χ1) is 15.0. The van der Waals surface area contributed by atoms with Crippen molar-refractivity contribution in [1.29, 1.82) is 0 Å². The summed E-state index contributed by atoms with van der Waals surface area (Å²) in [4.78, 5) is 14.2. The van der Waals surface area contributed by atoms with Crippen molar-refractivity contribution < 1.29 is 14.3 Å². The molecule has 4 rings (SSSR count). The van der Waals surface area contributed by atoms with Gasteiger partial charge < -0.3 is 25.0 Å². The zero-order chi connectivity index (χ0) is 22.0. The van der Waals surface area contributed by atoms with Gasteiger partial charge in [0.2, 0.25) is 5.91 Å². The largest absolute Gasteiger partial charge is 0.497 e. The van der Waals surface area contributed by atoms with Gasteiger partial charge in [0.05, 0.1) is 20.3 Å². The van der Waals surface area contributed by atoms with Gasteiger partial charge in [-0.3, -0.25) is 4.79 Å². The fraction of sp³-hybridized carbons (Fsp3) is 0.250. The van der Waals surface area contributed by atoms with Crippen LogP contribution in [0.2, 0.25) is 0 Å². The van der Waals surface area contributed by atoms with Gasteiger partial charge in [0, 0.05) is 25.7 Å². The van der Waals surface area contributed by atoms with Gasteiger partial charge in [0.1, 0.15) is 11.5 Å². The van der Waals surface area contributed by atoms with E-state index in [-0.39, 0.29) is 11.9 Å². The van der Waals surface area contributed by atoms with Crippen LogP contribution in [0.3, 0.4) is 0 Å². The van der Waals surface area contributed by atoms with Gasteiger partial charge in [-0.25, -0.2) is 0 Å². The second-order valence-electron chi connectivity index (χ2n) is 7.52. The van der Waals surface area contributed by atoms with Crippen LogP contribution in [0.5, 0.6) is 11.5 Å². The fourth-order valence-corrected chi connectivity index (χ4v) is 4.14. The molecule has 0 radical (unpaired) electrons. The summed E-state index contributed by atoms with van der Waals surface area (Å²) in [5.74, 6) is 1.63. The molecule has 0 saturated carbocycles. The Bertz CT molecular complexity index is 1060. The summed E-state index contributed by atoms with van der Waals surface area (Å²) < 4.78 is 10.5. The number of methoxy groups -OCH3 is 2. The predicted molar refractivity (Wildman–Crippen MR) is 125 cm³/mol. The van der Waals surface area contributed by atoms with Crippen LogP contribution in [0.1, 0.15) is 24.1 Å². The Labute approximate surface area is 187 Å². The van der Waals surface area contributed by atoms with Crippen LogP contribution in [-0.2, 0) is 4.79 Å². The number of hydrogen-bond donors (Lipinski definition) is 2. The van der Waals surface area contributed by atoms with Crippen LogP contribution < -0.4 is 20.1 Å². The maximum Gasteiger partial charge on any atom is 0.220 e. The molecule has 0 unspecified atom stereocenters. The highest BCUT2D eigenvalue weighted by atomic mass is 32.1. The average Bonchev–Trinajstić information content (AvgIpc) is 2.79. The van der Waals surface area contributed by atoms with Crippen molar-refractivity contribution in [2.75, 3.05) is 27.3 Å². The minimum Gasteiger partial charge on any atom is -0.497 e. The normalized spacial score (nSPS) is 19.5. The molecule has 160 valence electrons. The number of ether oxygens (including phenoxy) is 2. The lowest BCUT2D eigenvalue weighted by Gasteiger charge is -2.40. The molecule has 1 amide bonds. The van der Waals surface area contributed by atoms with E-state index in [0.29, 0.717) is 18.2 Å². The number of thiocarbonyl (C=S) groups is 1. The molecule has 0 spiro atoms. The number of benzene rings is 2. The van der Waals surface area contributed by atoms with Gasteiger partial charge in [-0.2, -0.15) is 0 Å². The van der Waals surface area contributed by atoms with E-state index in [4.69, 9.17) is 21.7 Å². The van der Waals surface area contributed by atoms with Crippen LogP contribution in [0.15, 0.2) is 65.4 Å². The quantitative estimate of drug-likeness (QED) is 0.718. The van der Waals surface area contributed by atoms with Crippen LogP contribution in [0, 0.1) is 0 Å². The van der Waals surface area contributed by atoms with E-state index in [1.54, 1.807) is 21.1 Å². The number of rotatable bonds is 4. The van der Waals surface area contributed by atoms with E-state index in [0.717, 1.165) is 39.5 Å². The Morgan fingerprint density at radius 2 is 1.65 bits per heavy atom. The van der Waals surface area contributed by atoms with E-state index in [2.05, 4.69) is 16.7 Å². The molecule has 0 aliphatic carbocycles. The maximum absolute atomic E-state index is 12.3. The molecular formula is C24H25N3O3S. The lowest BCUT2D eigenvalue weighted by Crippen LogP contribution is -2.50. The first kappa shape index (κ1) is 20.9. The average molecular weight is 436 g/mol. The van der Waals surface area contributed by atoms with Gasteiger partial charge in [0.25, 0.3) is 0 Å². The summed E-state index contributed by atoms with van der Waals surface area (Å²) >= 11 is 5.53. The molecule has 0 aromatic heterocycles. The Kier molecular flexibility index (Phi) is 5.95. The van der Waals surface area contributed by atoms with Gasteiger partial charge in [-0.05, 0) is 64.8 Å². The zero-order valence-electron chi connectivity index (χ0n) is 17.8. The first-order valence-corrected chi connectivity index (χ1v) is 10.4. The molecule has 0 fully saturated rings. The number of nitrogens with zero attached hydrogens (tertiary/aromatic N) is 1. The van der Waals surface area contributed by atoms with Crippen molar-refractivity contribution in [3.8, 4) is 11.5 Å². The standard InChI is InChI=1S/C24H25N3O3S/c1-15(28)27-13-18(12-16-4-8-19(29-2)9-5-16)23-21(14-27)22(25-24(31)26-23)17-6-10-20(30-3)11-7-17/h4-12,22H,13-14H2,1-3H3,(H2,25,26,31)/b18-12+/t22-/m0/s1. The molecule has 2 heterocycles. The maximum atomic E-state index is 12.3. The third-order valence-electron chi connectivity index (χ3n) is 5.58. The zero-order valence-corrected chi connectivity index (χ0v) is 18.6. The highest BCUT2D eigenvalue weighted by molar-refractivity contribution is 7.80. The molecule has 2 aliphatic rings. The van der Waals surface area contributed by atoms with Crippen molar-refractivity contribution in [2.24, 2.45) is 0 Å². The molecule has 2 aromatic carbocycles. The van der Waals surface area contributed by atoms with E-state index in [1.807, 2.05) is 53.4 Å². The topological polar surface area (TPSA) is 62.8 Å². The molecule has 2 aliphatic heterocycles. The van der Waals surface area contributed by atoms with E-state index in [1.165, 1.54) is 0 Å². The summed E-state index contributed by atoms with van der Waals surface area (Å²) in [6.45, 7) is 2.66. The van der Waals surface area contributed by atoms with Crippen LogP contribution in [0.4, 0.5) is 0 Å². The van der Waals surface area contributed by atoms with Crippen molar-refractivity contribution in [1.82, 2.24) is 15.5 Å². The van der Waals surface area contributed by atoms with Gasteiger partial charge in [0.15, 0.2) is 5.11 Å².